The van der Waals surface area contributed by atoms with E-state index in [0.717, 1.165) is 45.4 Å². The average molecular weight is 417 g/mol. The summed E-state index contributed by atoms with van der Waals surface area (Å²) in [4.78, 5) is 30.0. The fourth-order valence-corrected chi connectivity index (χ4v) is 5.06. The van der Waals surface area contributed by atoms with Crippen LogP contribution in [0.15, 0.2) is 24.3 Å². The number of likely N-dealkylation sites (N-methyl/N-ethyl adjacent to an activating group) is 1. The summed E-state index contributed by atoms with van der Waals surface area (Å²) in [5, 5.41) is 5.81. The highest BCUT2D eigenvalue weighted by Crippen LogP contribution is 2.34. The van der Waals surface area contributed by atoms with Crippen molar-refractivity contribution >= 4 is 11.8 Å². The van der Waals surface area contributed by atoms with Gasteiger partial charge in [0.25, 0.3) is 0 Å². The van der Waals surface area contributed by atoms with E-state index in [-0.39, 0.29) is 29.3 Å². The number of hydrogen-bond donors (Lipinski definition) is 2. The summed E-state index contributed by atoms with van der Waals surface area (Å²) in [7, 11) is 1.75. The molecule has 30 heavy (non-hydrogen) atoms. The number of amides is 2. The third-order valence-electron chi connectivity index (χ3n) is 7.35. The van der Waals surface area contributed by atoms with E-state index in [1.807, 2.05) is 6.92 Å². The summed E-state index contributed by atoms with van der Waals surface area (Å²) in [5.41, 5.74) is 0.244. The Hall–Kier alpha value is -1.66. The summed E-state index contributed by atoms with van der Waals surface area (Å²) in [6.45, 7) is 9.93. The lowest BCUT2D eigenvalue weighted by atomic mass is 9.80. The van der Waals surface area contributed by atoms with Gasteiger partial charge in [0, 0.05) is 19.1 Å². The van der Waals surface area contributed by atoms with Crippen LogP contribution in [0, 0.1) is 11.3 Å². The highest BCUT2D eigenvalue weighted by Gasteiger charge is 2.40. The van der Waals surface area contributed by atoms with Gasteiger partial charge in [0.1, 0.15) is 6.04 Å². The molecule has 6 heteroatoms. The maximum absolute atomic E-state index is 13.2. The van der Waals surface area contributed by atoms with Gasteiger partial charge in [0.15, 0.2) is 0 Å². The molecule has 0 spiro atoms. The molecule has 2 aliphatic heterocycles. The van der Waals surface area contributed by atoms with Crippen LogP contribution in [-0.4, -0.2) is 73.0 Å². The van der Waals surface area contributed by atoms with Gasteiger partial charge < -0.3 is 20.4 Å². The van der Waals surface area contributed by atoms with Crippen LogP contribution in [0.4, 0.5) is 0 Å². The predicted molar refractivity (Wildman–Crippen MR) is 121 cm³/mol. The maximum atomic E-state index is 13.2. The fourth-order valence-electron chi connectivity index (χ4n) is 5.06. The normalized spacial score (nSPS) is 31.1. The molecule has 0 radical (unpaired) electrons. The molecule has 0 aromatic rings. The second-order valence-corrected chi connectivity index (χ2v) is 9.73. The third kappa shape index (κ3) is 5.52. The molecule has 0 saturated carbocycles. The van der Waals surface area contributed by atoms with Crippen LogP contribution in [0.1, 0.15) is 52.9 Å². The topological polar surface area (TPSA) is 64.7 Å². The van der Waals surface area contributed by atoms with Gasteiger partial charge in [-0.2, -0.15) is 0 Å². The van der Waals surface area contributed by atoms with Crippen LogP contribution in [0.5, 0.6) is 0 Å². The minimum atomic E-state index is -0.484. The number of nitrogens with one attached hydrogen (secondary N) is 2. The molecule has 168 valence electrons. The molecule has 2 N–H and O–H groups in total. The minimum Gasteiger partial charge on any atom is -0.343 e. The van der Waals surface area contributed by atoms with Gasteiger partial charge in [-0.05, 0) is 77.4 Å². The summed E-state index contributed by atoms with van der Waals surface area (Å²) in [5.74, 6) is 0.527. The summed E-state index contributed by atoms with van der Waals surface area (Å²) < 4.78 is 0. The zero-order valence-electron chi connectivity index (χ0n) is 19.2. The highest BCUT2D eigenvalue weighted by molar-refractivity contribution is 5.89. The standard InChI is InChI=1S/C24H40N4O2/c1-18(25-4)22(29)26-19(2)23(30)28-15-10-20-9-8-14-27(17-21(20)28)16-13-24(3)11-6-5-7-12-24/h5-7,11,18-21,25H,8-10,12-17H2,1-4H3,(H,26,29)/t18-,19+,20+,21+,24?/m0/s1. The predicted octanol–water partition coefficient (Wildman–Crippen LogP) is 2.32. The lowest BCUT2D eigenvalue weighted by molar-refractivity contribution is -0.137. The van der Waals surface area contributed by atoms with Gasteiger partial charge in [-0.3, -0.25) is 9.59 Å². The fraction of sp³-hybridized carbons (Fsp3) is 0.750. The Balaban J connectivity index is 1.59. The number of carbonyl (C=O) groups excluding carboxylic acids is 2. The van der Waals surface area contributed by atoms with Crippen LogP contribution in [0.2, 0.25) is 0 Å². The smallest absolute Gasteiger partial charge is 0.245 e. The molecule has 2 saturated heterocycles. The van der Waals surface area contributed by atoms with Gasteiger partial charge in [0.05, 0.1) is 6.04 Å². The third-order valence-corrected chi connectivity index (χ3v) is 7.35. The van der Waals surface area contributed by atoms with Gasteiger partial charge in [-0.1, -0.05) is 31.2 Å². The van der Waals surface area contributed by atoms with Crippen molar-refractivity contribution < 1.29 is 9.59 Å². The first-order valence-electron chi connectivity index (χ1n) is 11.7. The molecule has 6 nitrogen and oxygen atoms in total. The lowest BCUT2D eigenvalue weighted by Gasteiger charge is -2.34. The van der Waals surface area contributed by atoms with Gasteiger partial charge in [-0.25, -0.2) is 0 Å². The molecule has 1 unspecified atom stereocenters. The number of allylic oxidation sites excluding steroid dienone is 4. The second kappa shape index (κ2) is 10.1. The van der Waals surface area contributed by atoms with Crippen molar-refractivity contribution in [3.63, 3.8) is 0 Å². The molecule has 0 bridgehead atoms. The van der Waals surface area contributed by atoms with Crippen molar-refractivity contribution in [3.8, 4) is 0 Å². The van der Waals surface area contributed by atoms with E-state index < -0.39 is 6.04 Å². The Morgan fingerprint density at radius 1 is 1.17 bits per heavy atom. The number of fused-ring (bicyclic) bond motifs is 1. The van der Waals surface area contributed by atoms with Crippen molar-refractivity contribution in [2.75, 3.05) is 33.2 Å². The molecular weight excluding hydrogens is 376 g/mol. The lowest BCUT2D eigenvalue weighted by Crippen LogP contribution is -2.54. The number of rotatable bonds is 7. The van der Waals surface area contributed by atoms with Crippen molar-refractivity contribution in [2.45, 2.75) is 71.0 Å². The summed E-state index contributed by atoms with van der Waals surface area (Å²) in [6, 6.07) is -0.512. The van der Waals surface area contributed by atoms with Gasteiger partial charge >= 0.3 is 0 Å². The van der Waals surface area contributed by atoms with Crippen molar-refractivity contribution in [1.29, 1.82) is 0 Å². The van der Waals surface area contributed by atoms with Crippen molar-refractivity contribution in [2.24, 2.45) is 11.3 Å². The monoisotopic (exact) mass is 416 g/mol. The van der Waals surface area contributed by atoms with Crippen LogP contribution in [0.3, 0.4) is 0 Å². The zero-order chi connectivity index (χ0) is 21.7. The number of hydrogen-bond acceptors (Lipinski definition) is 4. The molecule has 2 fully saturated rings. The summed E-state index contributed by atoms with van der Waals surface area (Å²) >= 11 is 0. The second-order valence-electron chi connectivity index (χ2n) is 9.73. The molecule has 1 aliphatic carbocycles. The molecule has 3 aliphatic rings. The number of carbonyl (C=O) groups is 2. The molecule has 5 atom stereocenters. The Labute approximate surface area is 182 Å². The first kappa shape index (κ1) is 23.0. The highest BCUT2D eigenvalue weighted by atomic mass is 16.2. The van der Waals surface area contributed by atoms with E-state index in [0.29, 0.717) is 5.92 Å². The molecule has 2 heterocycles. The molecule has 3 rings (SSSR count). The van der Waals surface area contributed by atoms with Crippen LogP contribution in [0.25, 0.3) is 0 Å². The largest absolute Gasteiger partial charge is 0.343 e. The number of nitrogens with zero attached hydrogens (tertiary/aromatic N) is 2. The van der Waals surface area contributed by atoms with E-state index in [1.54, 1.807) is 14.0 Å². The Morgan fingerprint density at radius 2 is 1.97 bits per heavy atom. The number of likely N-dealkylation sites (tertiary alicyclic amines) is 2. The first-order valence-corrected chi connectivity index (χ1v) is 11.7. The minimum absolute atomic E-state index is 0.0633. The quantitative estimate of drug-likeness (QED) is 0.669. The molecule has 2 amide bonds. The average Bonchev–Trinajstić information content (AvgIpc) is 3.01. The van der Waals surface area contributed by atoms with Gasteiger partial charge in [-0.15, -0.1) is 0 Å². The van der Waals surface area contributed by atoms with Crippen molar-refractivity contribution in [1.82, 2.24) is 20.4 Å². The van der Waals surface area contributed by atoms with E-state index in [9.17, 15) is 9.59 Å². The van der Waals surface area contributed by atoms with E-state index in [2.05, 4.69) is 51.7 Å². The van der Waals surface area contributed by atoms with Crippen LogP contribution in [-0.2, 0) is 9.59 Å². The molecule has 0 aromatic heterocycles. The van der Waals surface area contributed by atoms with Gasteiger partial charge in [0.2, 0.25) is 11.8 Å². The zero-order valence-corrected chi connectivity index (χ0v) is 19.2. The first-order chi connectivity index (χ1) is 14.3. The van der Waals surface area contributed by atoms with Crippen molar-refractivity contribution in [3.05, 3.63) is 24.3 Å². The Bertz CT molecular complexity index is 676. The van der Waals surface area contributed by atoms with Crippen LogP contribution < -0.4 is 10.6 Å². The summed E-state index contributed by atoms with van der Waals surface area (Å²) in [6.07, 6.45) is 14.7. The van der Waals surface area contributed by atoms with Crippen LogP contribution >= 0.6 is 0 Å². The molecule has 0 aromatic carbocycles. The SMILES string of the molecule is CN[C@@H](C)C(=O)N[C@H](C)C(=O)N1CC[C@H]2CCCN(CCC3(C)C=CC=CC3)C[C@H]21. The van der Waals surface area contributed by atoms with E-state index in [1.165, 1.54) is 12.8 Å². The Morgan fingerprint density at radius 3 is 2.67 bits per heavy atom. The maximum Gasteiger partial charge on any atom is 0.245 e. The Kier molecular flexibility index (Phi) is 7.75. The van der Waals surface area contributed by atoms with E-state index in [4.69, 9.17) is 0 Å². The molecular formula is C24H40N4O2. The van der Waals surface area contributed by atoms with E-state index >= 15 is 0 Å².